The number of benzene rings is 2. The monoisotopic (exact) mass is 357 g/mol. The van der Waals surface area contributed by atoms with Gasteiger partial charge in [-0.2, -0.15) is 0 Å². The first-order valence-electron chi connectivity index (χ1n) is 8.63. The summed E-state index contributed by atoms with van der Waals surface area (Å²) in [5.41, 5.74) is 15.7. The molecule has 3 rings (SSSR count). The molecule has 132 valence electrons. The van der Waals surface area contributed by atoms with Crippen molar-refractivity contribution < 1.29 is 4.79 Å². The molecule has 1 heterocycles. The van der Waals surface area contributed by atoms with Gasteiger partial charge >= 0.3 is 0 Å². The summed E-state index contributed by atoms with van der Waals surface area (Å²) < 4.78 is 0. The molecule has 1 amide bonds. The summed E-state index contributed by atoms with van der Waals surface area (Å²) in [5, 5.41) is 0.687. The van der Waals surface area contributed by atoms with Gasteiger partial charge in [0.15, 0.2) is 0 Å². The molecule has 1 aliphatic heterocycles. The zero-order chi connectivity index (χ0) is 17.8. The van der Waals surface area contributed by atoms with E-state index in [2.05, 4.69) is 12.1 Å². The molecule has 0 aliphatic carbocycles. The van der Waals surface area contributed by atoms with Crippen LogP contribution in [-0.4, -0.2) is 29.4 Å². The van der Waals surface area contributed by atoms with E-state index < -0.39 is 0 Å². The van der Waals surface area contributed by atoms with Crippen molar-refractivity contribution in [1.82, 2.24) is 4.90 Å². The molecule has 0 saturated heterocycles. The molecule has 0 radical (unpaired) electrons. The first kappa shape index (κ1) is 17.9. The van der Waals surface area contributed by atoms with Crippen LogP contribution in [0.2, 0.25) is 5.02 Å². The predicted molar refractivity (Wildman–Crippen MR) is 101 cm³/mol. The zero-order valence-electron chi connectivity index (χ0n) is 14.2. The van der Waals surface area contributed by atoms with Gasteiger partial charge in [-0.3, -0.25) is 4.79 Å². The lowest BCUT2D eigenvalue weighted by molar-refractivity contribution is -0.134. The topological polar surface area (TPSA) is 72.3 Å². The van der Waals surface area contributed by atoms with Gasteiger partial charge in [0.1, 0.15) is 0 Å². The van der Waals surface area contributed by atoms with Crippen molar-refractivity contribution in [1.29, 1.82) is 0 Å². The Kier molecular flexibility index (Phi) is 5.74. The van der Waals surface area contributed by atoms with E-state index in [1.807, 2.05) is 41.3 Å². The molecular formula is C20H24ClN3O. The van der Waals surface area contributed by atoms with Crippen molar-refractivity contribution in [3.8, 4) is 0 Å². The Balaban J connectivity index is 1.65. The smallest absolute Gasteiger partial charge is 0.224 e. The van der Waals surface area contributed by atoms with Gasteiger partial charge in [-0.15, -0.1) is 0 Å². The third kappa shape index (κ3) is 4.40. The van der Waals surface area contributed by atoms with Gasteiger partial charge in [-0.1, -0.05) is 48.0 Å². The molecule has 5 heteroatoms. The quantitative estimate of drug-likeness (QED) is 0.863. The second-order valence-corrected chi connectivity index (χ2v) is 7.12. The van der Waals surface area contributed by atoms with Gasteiger partial charge in [-0.25, -0.2) is 0 Å². The summed E-state index contributed by atoms with van der Waals surface area (Å²) in [6.45, 7) is 1.07. The van der Waals surface area contributed by atoms with Crippen LogP contribution in [0.15, 0.2) is 48.5 Å². The average Bonchev–Trinajstić information content (AvgIpc) is 2.60. The highest BCUT2D eigenvalue weighted by Crippen LogP contribution is 2.24. The molecule has 4 nitrogen and oxygen atoms in total. The standard InChI is InChI=1S/C20H24ClN3O/c21-17-7-3-4-14(8-17)9-18(23)11-20(25)24-13-16-6-2-1-5-15(16)10-19(24)12-22/h1-8,18-19H,9-13,22-23H2. The third-order valence-corrected chi connectivity index (χ3v) is 5.01. The summed E-state index contributed by atoms with van der Waals surface area (Å²) in [6.07, 6.45) is 1.75. The number of fused-ring (bicyclic) bond motifs is 1. The number of amides is 1. The third-order valence-electron chi connectivity index (χ3n) is 4.77. The van der Waals surface area contributed by atoms with E-state index in [4.69, 9.17) is 23.1 Å². The molecule has 0 fully saturated rings. The fourth-order valence-electron chi connectivity index (χ4n) is 3.47. The summed E-state index contributed by atoms with van der Waals surface area (Å²) in [6, 6.07) is 15.7. The van der Waals surface area contributed by atoms with Crippen LogP contribution in [-0.2, 0) is 24.2 Å². The van der Waals surface area contributed by atoms with E-state index in [9.17, 15) is 4.79 Å². The minimum absolute atomic E-state index is 0.0424. The van der Waals surface area contributed by atoms with Gasteiger partial charge in [0.05, 0.1) is 0 Å². The van der Waals surface area contributed by atoms with Crippen molar-refractivity contribution in [3.05, 3.63) is 70.2 Å². The van der Waals surface area contributed by atoms with Gasteiger partial charge < -0.3 is 16.4 Å². The summed E-state index contributed by atoms with van der Waals surface area (Å²) in [7, 11) is 0. The number of halogens is 1. The second-order valence-electron chi connectivity index (χ2n) is 6.68. The highest BCUT2D eigenvalue weighted by atomic mass is 35.5. The number of hydrogen-bond acceptors (Lipinski definition) is 3. The van der Waals surface area contributed by atoms with Crippen LogP contribution in [0, 0.1) is 0 Å². The van der Waals surface area contributed by atoms with E-state index in [1.165, 1.54) is 11.1 Å². The van der Waals surface area contributed by atoms with Crippen LogP contribution >= 0.6 is 11.6 Å². The van der Waals surface area contributed by atoms with Crippen molar-refractivity contribution in [2.45, 2.75) is 37.9 Å². The largest absolute Gasteiger partial charge is 0.334 e. The van der Waals surface area contributed by atoms with Crippen LogP contribution in [0.3, 0.4) is 0 Å². The molecule has 0 bridgehead atoms. The van der Waals surface area contributed by atoms with Crippen molar-refractivity contribution >= 4 is 17.5 Å². The summed E-state index contributed by atoms with van der Waals surface area (Å²) in [5.74, 6) is 0.0690. The first-order chi connectivity index (χ1) is 12.1. The Morgan fingerprint density at radius 2 is 1.96 bits per heavy atom. The van der Waals surface area contributed by atoms with Crippen molar-refractivity contribution in [3.63, 3.8) is 0 Å². The minimum Gasteiger partial charge on any atom is -0.334 e. The van der Waals surface area contributed by atoms with E-state index in [-0.39, 0.29) is 18.0 Å². The number of rotatable bonds is 5. The fraction of sp³-hybridized carbons (Fsp3) is 0.350. The Bertz CT molecular complexity index is 749. The van der Waals surface area contributed by atoms with E-state index in [0.29, 0.717) is 31.0 Å². The van der Waals surface area contributed by atoms with Crippen LogP contribution < -0.4 is 11.5 Å². The molecular weight excluding hydrogens is 334 g/mol. The Labute approximate surface area is 153 Å². The van der Waals surface area contributed by atoms with E-state index >= 15 is 0 Å². The molecule has 0 aromatic heterocycles. The van der Waals surface area contributed by atoms with Gasteiger partial charge in [-0.05, 0) is 41.7 Å². The molecule has 2 atom stereocenters. The molecule has 0 saturated carbocycles. The first-order valence-corrected chi connectivity index (χ1v) is 9.01. The number of nitrogens with two attached hydrogens (primary N) is 2. The Hall–Kier alpha value is -1.88. The molecule has 2 aromatic carbocycles. The van der Waals surface area contributed by atoms with Crippen LogP contribution in [0.5, 0.6) is 0 Å². The molecule has 1 aliphatic rings. The molecule has 0 spiro atoms. The normalized spacial score (nSPS) is 17.9. The maximum Gasteiger partial charge on any atom is 0.224 e. The highest BCUT2D eigenvalue weighted by Gasteiger charge is 2.29. The molecule has 2 unspecified atom stereocenters. The molecule has 25 heavy (non-hydrogen) atoms. The maximum atomic E-state index is 12.8. The lowest BCUT2D eigenvalue weighted by atomic mass is 9.93. The van der Waals surface area contributed by atoms with Crippen molar-refractivity contribution in [2.24, 2.45) is 11.5 Å². The average molecular weight is 358 g/mol. The number of nitrogens with zero attached hydrogens (tertiary/aromatic N) is 1. The lowest BCUT2D eigenvalue weighted by Gasteiger charge is -2.37. The summed E-state index contributed by atoms with van der Waals surface area (Å²) >= 11 is 6.01. The second kappa shape index (κ2) is 8.00. The van der Waals surface area contributed by atoms with Crippen molar-refractivity contribution in [2.75, 3.05) is 6.54 Å². The minimum atomic E-state index is -0.235. The van der Waals surface area contributed by atoms with Crippen LogP contribution in [0.4, 0.5) is 0 Å². The van der Waals surface area contributed by atoms with Crippen LogP contribution in [0.25, 0.3) is 0 Å². The highest BCUT2D eigenvalue weighted by molar-refractivity contribution is 6.30. The lowest BCUT2D eigenvalue weighted by Crippen LogP contribution is -2.49. The zero-order valence-corrected chi connectivity index (χ0v) is 15.0. The Morgan fingerprint density at radius 3 is 2.68 bits per heavy atom. The van der Waals surface area contributed by atoms with E-state index in [1.54, 1.807) is 0 Å². The maximum absolute atomic E-state index is 12.8. The number of hydrogen-bond donors (Lipinski definition) is 2. The van der Waals surface area contributed by atoms with E-state index in [0.717, 1.165) is 12.0 Å². The van der Waals surface area contributed by atoms with Gasteiger partial charge in [0.2, 0.25) is 5.91 Å². The molecule has 2 aromatic rings. The number of carbonyl (C=O) groups excluding carboxylic acids is 1. The molecule has 4 N–H and O–H groups in total. The fourth-order valence-corrected chi connectivity index (χ4v) is 3.68. The SMILES string of the molecule is NCC1Cc2ccccc2CN1C(=O)CC(N)Cc1cccc(Cl)c1. The van der Waals surface area contributed by atoms with Gasteiger partial charge in [0, 0.05) is 36.6 Å². The predicted octanol–water partition coefficient (Wildman–Crippen LogP) is 2.51. The number of carbonyl (C=O) groups is 1. The van der Waals surface area contributed by atoms with Gasteiger partial charge in [0.25, 0.3) is 0 Å². The van der Waals surface area contributed by atoms with Crippen LogP contribution in [0.1, 0.15) is 23.1 Å². The summed E-state index contributed by atoms with van der Waals surface area (Å²) in [4.78, 5) is 14.7. The Morgan fingerprint density at radius 1 is 1.20 bits per heavy atom.